The van der Waals surface area contributed by atoms with Crippen LogP contribution >= 0.6 is 0 Å². The standard InChI is InChI=1S/C17H21NO4/c1-22-14-7-6-10(8-13(14)17(20)21)9-18-16(19)15-11-4-2-3-5-12(11)15/h6-8,11-12,15H,2-5,9H2,1H3,(H,18,19)(H,20,21). The predicted octanol–water partition coefficient (Wildman–Crippen LogP) is 2.45. The molecule has 2 atom stereocenters. The first-order valence-corrected chi connectivity index (χ1v) is 7.79. The topological polar surface area (TPSA) is 75.6 Å². The Bertz CT molecular complexity index is 586. The Balaban J connectivity index is 1.61. The molecule has 2 fully saturated rings. The zero-order chi connectivity index (χ0) is 15.7. The molecule has 0 spiro atoms. The molecule has 2 saturated carbocycles. The van der Waals surface area contributed by atoms with Crippen molar-refractivity contribution in [1.29, 1.82) is 0 Å². The fourth-order valence-electron chi connectivity index (χ4n) is 3.72. The third kappa shape index (κ3) is 2.80. The molecule has 0 aliphatic heterocycles. The predicted molar refractivity (Wildman–Crippen MR) is 80.7 cm³/mol. The molecule has 5 nitrogen and oxygen atoms in total. The average molecular weight is 303 g/mol. The number of carboxylic acids is 1. The number of carboxylic acid groups (broad SMARTS) is 1. The lowest BCUT2D eigenvalue weighted by Gasteiger charge is -2.09. The van der Waals surface area contributed by atoms with E-state index in [0.717, 1.165) is 5.56 Å². The van der Waals surface area contributed by atoms with Crippen LogP contribution in [0.15, 0.2) is 18.2 Å². The van der Waals surface area contributed by atoms with Gasteiger partial charge >= 0.3 is 5.97 Å². The normalized spacial score (nSPS) is 26.0. The van der Waals surface area contributed by atoms with Crippen molar-refractivity contribution in [3.63, 3.8) is 0 Å². The summed E-state index contributed by atoms with van der Waals surface area (Å²) in [6, 6.07) is 4.97. The summed E-state index contributed by atoms with van der Waals surface area (Å²) < 4.78 is 5.03. The molecule has 5 heteroatoms. The molecule has 1 aromatic carbocycles. The van der Waals surface area contributed by atoms with E-state index in [-0.39, 0.29) is 17.4 Å². The van der Waals surface area contributed by atoms with E-state index < -0.39 is 5.97 Å². The van der Waals surface area contributed by atoms with E-state index in [0.29, 0.717) is 24.1 Å². The van der Waals surface area contributed by atoms with Gasteiger partial charge in [0.05, 0.1) is 7.11 Å². The fourth-order valence-corrected chi connectivity index (χ4v) is 3.72. The Hall–Kier alpha value is -2.04. The van der Waals surface area contributed by atoms with Crippen molar-refractivity contribution >= 4 is 11.9 Å². The first-order chi connectivity index (χ1) is 10.6. The number of rotatable bonds is 5. The van der Waals surface area contributed by atoms with Gasteiger partial charge in [0.2, 0.25) is 5.91 Å². The molecule has 3 rings (SSSR count). The summed E-state index contributed by atoms with van der Waals surface area (Å²) in [5, 5.41) is 12.1. The molecule has 0 aromatic heterocycles. The molecule has 22 heavy (non-hydrogen) atoms. The van der Waals surface area contributed by atoms with Crippen LogP contribution in [-0.4, -0.2) is 24.1 Å². The van der Waals surface area contributed by atoms with Gasteiger partial charge in [-0.3, -0.25) is 4.79 Å². The van der Waals surface area contributed by atoms with Crippen LogP contribution < -0.4 is 10.1 Å². The fraction of sp³-hybridized carbons (Fsp3) is 0.529. The molecule has 0 radical (unpaired) electrons. The Kier molecular flexibility index (Phi) is 4.05. The number of nitrogens with one attached hydrogen (secondary N) is 1. The third-order valence-corrected chi connectivity index (χ3v) is 4.92. The van der Waals surface area contributed by atoms with Gasteiger partial charge in [-0.1, -0.05) is 18.9 Å². The van der Waals surface area contributed by atoms with E-state index >= 15 is 0 Å². The zero-order valence-electron chi connectivity index (χ0n) is 12.7. The maximum absolute atomic E-state index is 12.2. The Labute approximate surface area is 129 Å². The van der Waals surface area contributed by atoms with Crippen molar-refractivity contribution in [3.05, 3.63) is 29.3 Å². The lowest BCUT2D eigenvalue weighted by atomic mass is 10.0. The number of fused-ring (bicyclic) bond motifs is 1. The summed E-state index contributed by atoms with van der Waals surface area (Å²) in [5.41, 5.74) is 0.893. The number of aromatic carboxylic acids is 1. The molecule has 2 N–H and O–H groups in total. The smallest absolute Gasteiger partial charge is 0.339 e. The number of ether oxygens (including phenoxy) is 1. The van der Waals surface area contributed by atoms with Gasteiger partial charge in [-0.15, -0.1) is 0 Å². The lowest BCUT2D eigenvalue weighted by molar-refractivity contribution is -0.123. The third-order valence-electron chi connectivity index (χ3n) is 4.92. The van der Waals surface area contributed by atoms with Gasteiger partial charge < -0.3 is 15.2 Å². The van der Waals surface area contributed by atoms with Gasteiger partial charge in [-0.25, -0.2) is 4.79 Å². The van der Waals surface area contributed by atoms with Gasteiger partial charge in [0, 0.05) is 12.5 Å². The molecule has 2 aliphatic carbocycles. The van der Waals surface area contributed by atoms with E-state index in [9.17, 15) is 9.59 Å². The van der Waals surface area contributed by atoms with Crippen LogP contribution in [0.1, 0.15) is 41.6 Å². The number of carbonyl (C=O) groups excluding carboxylic acids is 1. The number of methoxy groups -OCH3 is 1. The van der Waals surface area contributed by atoms with Crippen LogP contribution in [0.2, 0.25) is 0 Å². The zero-order valence-corrected chi connectivity index (χ0v) is 12.7. The van der Waals surface area contributed by atoms with Crippen molar-refractivity contribution in [2.24, 2.45) is 17.8 Å². The highest BCUT2D eigenvalue weighted by Crippen LogP contribution is 2.55. The van der Waals surface area contributed by atoms with Gasteiger partial charge in [0.15, 0.2) is 0 Å². The molecule has 2 unspecified atom stereocenters. The van der Waals surface area contributed by atoms with Crippen LogP contribution in [0.25, 0.3) is 0 Å². The number of hydrogen-bond donors (Lipinski definition) is 2. The second kappa shape index (κ2) is 5.99. The lowest BCUT2D eigenvalue weighted by Crippen LogP contribution is -2.25. The summed E-state index contributed by atoms with van der Waals surface area (Å²) >= 11 is 0. The number of amides is 1. The van der Waals surface area contributed by atoms with E-state index in [4.69, 9.17) is 9.84 Å². The molecule has 1 amide bonds. The van der Waals surface area contributed by atoms with Gasteiger partial charge in [0.1, 0.15) is 11.3 Å². The molecule has 1 aromatic rings. The summed E-state index contributed by atoms with van der Waals surface area (Å²) in [6.45, 7) is 0.360. The van der Waals surface area contributed by atoms with Gasteiger partial charge in [-0.05, 0) is 42.4 Å². The second-order valence-electron chi connectivity index (χ2n) is 6.20. The minimum Gasteiger partial charge on any atom is -0.496 e. The number of benzene rings is 1. The molecule has 0 saturated heterocycles. The van der Waals surface area contributed by atoms with Crippen LogP contribution in [0.4, 0.5) is 0 Å². The number of hydrogen-bond acceptors (Lipinski definition) is 3. The second-order valence-corrected chi connectivity index (χ2v) is 6.20. The van der Waals surface area contributed by atoms with Crippen LogP contribution in [0, 0.1) is 17.8 Å². The minimum absolute atomic E-state index is 0.115. The summed E-state index contributed by atoms with van der Waals surface area (Å²) in [7, 11) is 1.44. The summed E-state index contributed by atoms with van der Waals surface area (Å²) in [4.78, 5) is 23.4. The van der Waals surface area contributed by atoms with Gasteiger partial charge in [0.25, 0.3) is 0 Å². The molecular weight excluding hydrogens is 282 g/mol. The first-order valence-electron chi connectivity index (χ1n) is 7.79. The SMILES string of the molecule is COc1ccc(CNC(=O)C2C3CCCCC32)cc1C(=O)O. The van der Waals surface area contributed by atoms with E-state index in [1.54, 1.807) is 18.2 Å². The van der Waals surface area contributed by atoms with E-state index in [1.807, 2.05) is 0 Å². The van der Waals surface area contributed by atoms with Crippen molar-refractivity contribution in [2.75, 3.05) is 7.11 Å². The maximum Gasteiger partial charge on any atom is 0.339 e. The van der Waals surface area contributed by atoms with Crippen molar-refractivity contribution in [2.45, 2.75) is 32.2 Å². The average Bonchev–Trinajstić information content (AvgIpc) is 3.26. The van der Waals surface area contributed by atoms with Crippen molar-refractivity contribution in [1.82, 2.24) is 5.32 Å². The highest BCUT2D eigenvalue weighted by atomic mass is 16.5. The monoisotopic (exact) mass is 303 g/mol. The minimum atomic E-state index is -1.03. The van der Waals surface area contributed by atoms with Crippen LogP contribution in [0.5, 0.6) is 5.75 Å². The van der Waals surface area contributed by atoms with Crippen LogP contribution in [0.3, 0.4) is 0 Å². The molecule has 0 bridgehead atoms. The van der Waals surface area contributed by atoms with E-state index in [2.05, 4.69) is 5.32 Å². The highest BCUT2D eigenvalue weighted by molar-refractivity contribution is 5.91. The quantitative estimate of drug-likeness (QED) is 0.876. The molecular formula is C17H21NO4. The van der Waals surface area contributed by atoms with E-state index in [1.165, 1.54) is 32.8 Å². The van der Waals surface area contributed by atoms with Gasteiger partial charge in [-0.2, -0.15) is 0 Å². The Morgan fingerprint density at radius 1 is 1.27 bits per heavy atom. The van der Waals surface area contributed by atoms with Crippen molar-refractivity contribution < 1.29 is 19.4 Å². The highest BCUT2D eigenvalue weighted by Gasteiger charge is 2.54. The number of carbonyl (C=O) groups is 2. The molecule has 0 heterocycles. The Morgan fingerprint density at radius 3 is 2.55 bits per heavy atom. The summed E-state index contributed by atoms with van der Waals surface area (Å²) in [6.07, 6.45) is 4.83. The van der Waals surface area contributed by atoms with Crippen molar-refractivity contribution in [3.8, 4) is 5.75 Å². The largest absolute Gasteiger partial charge is 0.496 e. The molecule has 2 aliphatic rings. The maximum atomic E-state index is 12.2. The van der Waals surface area contributed by atoms with Crippen LogP contribution in [-0.2, 0) is 11.3 Å². The first kappa shape index (κ1) is 14.9. The summed E-state index contributed by atoms with van der Waals surface area (Å²) in [5.74, 6) is 0.761. The Morgan fingerprint density at radius 2 is 1.95 bits per heavy atom. The molecule has 118 valence electrons.